The number of sulfone groups is 1. The van der Waals surface area contributed by atoms with E-state index in [1.807, 2.05) is 24.4 Å². The van der Waals surface area contributed by atoms with Crippen LogP contribution in [0.2, 0.25) is 0 Å². The summed E-state index contributed by atoms with van der Waals surface area (Å²) < 4.78 is 26.1. The normalized spacial score (nSPS) is 15.5. The van der Waals surface area contributed by atoms with E-state index in [9.17, 15) is 13.2 Å². The standard InChI is InChI=1S/C17H21N3O3S/c21-17(10-13-24(22,23)16-4-1-2-5-16)19-14-6-8-15(9-7-14)20-12-3-11-18-20/h3,6-9,11-12,16H,1-2,4-5,10,13H2,(H,19,21). The lowest BCUT2D eigenvalue weighted by Crippen LogP contribution is -2.24. The van der Waals surface area contributed by atoms with Gasteiger partial charge in [0.1, 0.15) is 0 Å². The van der Waals surface area contributed by atoms with Gasteiger partial charge in [0.15, 0.2) is 9.84 Å². The van der Waals surface area contributed by atoms with Crippen LogP contribution in [-0.2, 0) is 14.6 Å². The highest BCUT2D eigenvalue weighted by atomic mass is 32.2. The van der Waals surface area contributed by atoms with Gasteiger partial charge in [0.25, 0.3) is 0 Å². The van der Waals surface area contributed by atoms with Gasteiger partial charge in [-0.25, -0.2) is 13.1 Å². The van der Waals surface area contributed by atoms with Crippen LogP contribution in [0, 0.1) is 0 Å². The van der Waals surface area contributed by atoms with Crippen LogP contribution in [0.25, 0.3) is 5.69 Å². The Morgan fingerprint density at radius 3 is 2.54 bits per heavy atom. The van der Waals surface area contributed by atoms with Gasteiger partial charge >= 0.3 is 0 Å². The van der Waals surface area contributed by atoms with E-state index < -0.39 is 9.84 Å². The molecule has 0 atom stereocenters. The molecule has 1 saturated carbocycles. The second kappa shape index (κ2) is 7.17. The molecular formula is C17H21N3O3S. The van der Waals surface area contributed by atoms with Crippen molar-refractivity contribution in [1.82, 2.24) is 9.78 Å². The Balaban J connectivity index is 1.53. The summed E-state index contributed by atoms with van der Waals surface area (Å²) in [4.78, 5) is 12.0. The molecule has 1 aliphatic rings. The molecule has 0 aliphatic heterocycles. The predicted octanol–water partition coefficient (Wildman–Crippen LogP) is 2.56. The average molecular weight is 347 g/mol. The molecule has 0 unspecified atom stereocenters. The molecule has 24 heavy (non-hydrogen) atoms. The number of aromatic nitrogens is 2. The van der Waals surface area contributed by atoms with Gasteiger partial charge < -0.3 is 5.32 Å². The number of anilines is 1. The van der Waals surface area contributed by atoms with Crippen LogP contribution in [-0.4, -0.2) is 35.1 Å². The van der Waals surface area contributed by atoms with E-state index in [0.717, 1.165) is 31.4 Å². The zero-order chi connectivity index (χ0) is 17.0. The lowest BCUT2D eigenvalue weighted by molar-refractivity contribution is -0.115. The summed E-state index contributed by atoms with van der Waals surface area (Å²) in [5.74, 6) is -0.349. The first-order valence-electron chi connectivity index (χ1n) is 8.16. The average Bonchev–Trinajstić information content (AvgIpc) is 3.27. The summed E-state index contributed by atoms with van der Waals surface area (Å²) in [5, 5.41) is 6.63. The third-order valence-corrected chi connectivity index (χ3v) is 6.60. The van der Waals surface area contributed by atoms with Crippen molar-refractivity contribution in [3.63, 3.8) is 0 Å². The maximum atomic E-state index is 12.2. The van der Waals surface area contributed by atoms with E-state index in [4.69, 9.17) is 0 Å². The van der Waals surface area contributed by atoms with Crippen LogP contribution in [0.1, 0.15) is 32.1 Å². The van der Waals surface area contributed by atoms with E-state index in [2.05, 4.69) is 10.4 Å². The van der Waals surface area contributed by atoms with Crippen molar-refractivity contribution in [2.24, 2.45) is 0 Å². The van der Waals surface area contributed by atoms with E-state index in [1.165, 1.54) is 0 Å². The molecular weight excluding hydrogens is 326 g/mol. The fraction of sp³-hybridized carbons (Fsp3) is 0.412. The summed E-state index contributed by atoms with van der Waals surface area (Å²) in [7, 11) is -3.16. The predicted molar refractivity (Wildman–Crippen MR) is 92.9 cm³/mol. The molecule has 1 aromatic carbocycles. The monoisotopic (exact) mass is 347 g/mol. The molecule has 1 N–H and O–H groups in total. The number of nitrogens with one attached hydrogen (secondary N) is 1. The number of nitrogens with zero attached hydrogens (tertiary/aromatic N) is 2. The van der Waals surface area contributed by atoms with Gasteiger partial charge in [0.05, 0.1) is 16.7 Å². The van der Waals surface area contributed by atoms with Crippen LogP contribution in [0.5, 0.6) is 0 Å². The Morgan fingerprint density at radius 1 is 1.21 bits per heavy atom. The minimum Gasteiger partial charge on any atom is -0.326 e. The molecule has 0 radical (unpaired) electrons. The van der Waals surface area contributed by atoms with E-state index in [1.54, 1.807) is 23.0 Å². The van der Waals surface area contributed by atoms with Gasteiger partial charge in [-0.2, -0.15) is 5.10 Å². The molecule has 3 rings (SSSR count). The third-order valence-electron chi connectivity index (χ3n) is 4.34. The molecule has 7 heteroatoms. The Kier molecular flexibility index (Phi) is 4.99. The van der Waals surface area contributed by atoms with E-state index in [-0.39, 0.29) is 23.3 Å². The lowest BCUT2D eigenvalue weighted by Gasteiger charge is -2.11. The zero-order valence-corrected chi connectivity index (χ0v) is 14.2. The molecule has 1 heterocycles. The number of carbonyl (C=O) groups is 1. The summed E-state index contributed by atoms with van der Waals surface area (Å²) >= 11 is 0. The fourth-order valence-electron chi connectivity index (χ4n) is 2.99. The van der Waals surface area contributed by atoms with Crippen LogP contribution in [0.15, 0.2) is 42.7 Å². The summed E-state index contributed by atoms with van der Waals surface area (Å²) in [6, 6.07) is 9.08. The van der Waals surface area contributed by atoms with Crippen LogP contribution >= 0.6 is 0 Å². The topological polar surface area (TPSA) is 81.1 Å². The van der Waals surface area contributed by atoms with Gasteiger partial charge in [0.2, 0.25) is 5.91 Å². The van der Waals surface area contributed by atoms with Crippen LogP contribution in [0.3, 0.4) is 0 Å². The summed E-state index contributed by atoms with van der Waals surface area (Å²) in [6.45, 7) is 0. The third kappa shape index (κ3) is 4.03. The van der Waals surface area contributed by atoms with E-state index in [0.29, 0.717) is 5.69 Å². The Morgan fingerprint density at radius 2 is 1.92 bits per heavy atom. The second-order valence-corrected chi connectivity index (χ2v) is 8.47. The van der Waals surface area contributed by atoms with Crippen LogP contribution < -0.4 is 5.32 Å². The number of carbonyl (C=O) groups excluding carboxylic acids is 1. The molecule has 0 bridgehead atoms. The molecule has 1 amide bonds. The van der Waals surface area contributed by atoms with E-state index >= 15 is 0 Å². The Bertz CT molecular complexity index is 777. The van der Waals surface area contributed by atoms with Crippen molar-refractivity contribution < 1.29 is 13.2 Å². The molecule has 128 valence electrons. The quantitative estimate of drug-likeness (QED) is 0.871. The smallest absolute Gasteiger partial charge is 0.225 e. The first-order valence-corrected chi connectivity index (χ1v) is 9.88. The van der Waals surface area contributed by atoms with Crippen molar-refractivity contribution in [3.05, 3.63) is 42.7 Å². The minimum atomic E-state index is -3.16. The molecule has 0 spiro atoms. The Hall–Kier alpha value is -2.15. The molecule has 2 aromatic rings. The van der Waals surface area contributed by atoms with Gasteiger partial charge in [-0.3, -0.25) is 4.79 Å². The second-order valence-electron chi connectivity index (χ2n) is 6.07. The maximum absolute atomic E-state index is 12.2. The van der Waals surface area contributed by atoms with Gasteiger partial charge in [-0.05, 0) is 43.2 Å². The molecule has 0 saturated heterocycles. The lowest BCUT2D eigenvalue weighted by atomic mass is 10.2. The maximum Gasteiger partial charge on any atom is 0.225 e. The first kappa shape index (κ1) is 16.7. The minimum absolute atomic E-state index is 0.000257. The van der Waals surface area contributed by atoms with Crippen LogP contribution in [0.4, 0.5) is 5.69 Å². The highest BCUT2D eigenvalue weighted by molar-refractivity contribution is 7.92. The summed E-state index contributed by atoms with van der Waals surface area (Å²) in [5.41, 5.74) is 1.54. The number of hydrogen-bond acceptors (Lipinski definition) is 4. The molecule has 6 nitrogen and oxygen atoms in total. The van der Waals surface area contributed by atoms with Gasteiger partial charge in [0, 0.05) is 24.5 Å². The Labute approximate surface area is 141 Å². The number of benzene rings is 1. The molecule has 1 aliphatic carbocycles. The number of rotatable bonds is 6. The van der Waals surface area contributed by atoms with Crippen molar-refractivity contribution in [1.29, 1.82) is 0 Å². The highest BCUT2D eigenvalue weighted by Crippen LogP contribution is 2.25. The number of hydrogen-bond donors (Lipinski definition) is 1. The SMILES string of the molecule is O=C(CCS(=O)(=O)C1CCCC1)Nc1ccc(-n2cccn2)cc1. The van der Waals surface area contributed by atoms with Crippen molar-refractivity contribution in [2.75, 3.05) is 11.1 Å². The first-order chi connectivity index (χ1) is 11.5. The molecule has 1 fully saturated rings. The number of amides is 1. The highest BCUT2D eigenvalue weighted by Gasteiger charge is 2.28. The van der Waals surface area contributed by atoms with Gasteiger partial charge in [-0.15, -0.1) is 0 Å². The molecule has 1 aromatic heterocycles. The fourth-order valence-corrected chi connectivity index (χ4v) is 4.85. The van der Waals surface area contributed by atoms with Gasteiger partial charge in [-0.1, -0.05) is 12.8 Å². The zero-order valence-electron chi connectivity index (χ0n) is 13.4. The largest absolute Gasteiger partial charge is 0.326 e. The van der Waals surface area contributed by atoms with Crippen molar-refractivity contribution in [3.8, 4) is 5.69 Å². The van der Waals surface area contributed by atoms with Crippen molar-refractivity contribution >= 4 is 21.4 Å². The van der Waals surface area contributed by atoms with Crippen molar-refractivity contribution in [2.45, 2.75) is 37.4 Å². The summed E-state index contributed by atoms with van der Waals surface area (Å²) in [6.07, 6.45) is 6.94.